The van der Waals surface area contributed by atoms with Crippen LogP contribution in [0.15, 0.2) is 42.5 Å². The second-order valence-corrected chi connectivity index (χ2v) is 4.30. The van der Waals surface area contributed by atoms with Gasteiger partial charge in [-0.2, -0.15) is 0 Å². The van der Waals surface area contributed by atoms with Crippen molar-refractivity contribution in [1.29, 1.82) is 0 Å². The third-order valence-corrected chi connectivity index (χ3v) is 3.16. The van der Waals surface area contributed by atoms with Gasteiger partial charge < -0.3 is 5.32 Å². The van der Waals surface area contributed by atoms with E-state index in [0.717, 1.165) is 23.0 Å². The van der Waals surface area contributed by atoms with Crippen LogP contribution in [-0.2, 0) is 0 Å². The van der Waals surface area contributed by atoms with Crippen molar-refractivity contribution >= 4 is 12.2 Å². The zero-order valence-electron chi connectivity index (χ0n) is 10.9. The Labute approximate surface area is 112 Å². The average Bonchev–Trinajstić information content (AvgIpc) is 2.47. The molecular weight excluding hydrogens is 238 g/mol. The van der Waals surface area contributed by atoms with E-state index in [0.29, 0.717) is 11.1 Å². The van der Waals surface area contributed by atoms with E-state index in [1.807, 2.05) is 31.2 Å². The van der Waals surface area contributed by atoms with Crippen LogP contribution in [0.4, 0.5) is 0 Å². The molecule has 0 aromatic heterocycles. The third-order valence-electron chi connectivity index (χ3n) is 3.16. The maximum atomic E-state index is 11.8. The summed E-state index contributed by atoms with van der Waals surface area (Å²) >= 11 is 0. The second kappa shape index (κ2) is 5.48. The van der Waals surface area contributed by atoms with Crippen LogP contribution < -0.4 is 5.32 Å². The van der Waals surface area contributed by atoms with Crippen LogP contribution >= 0.6 is 0 Å². The van der Waals surface area contributed by atoms with Gasteiger partial charge in [-0.15, -0.1) is 0 Å². The molecule has 1 N–H and O–H groups in total. The van der Waals surface area contributed by atoms with E-state index in [-0.39, 0.29) is 5.91 Å². The molecular formula is C16H15NO2. The molecule has 3 nitrogen and oxygen atoms in total. The molecule has 0 atom stereocenters. The number of carbonyl (C=O) groups excluding carboxylic acids is 2. The highest BCUT2D eigenvalue weighted by molar-refractivity contribution is 5.97. The lowest BCUT2D eigenvalue weighted by Gasteiger charge is -2.10. The van der Waals surface area contributed by atoms with E-state index in [9.17, 15) is 9.59 Å². The minimum absolute atomic E-state index is 0.0936. The molecule has 2 rings (SSSR count). The number of hydrogen-bond acceptors (Lipinski definition) is 2. The smallest absolute Gasteiger partial charge is 0.251 e. The molecule has 19 heavy (non-hydrogen) atoms. The molecule has 0 saturated heterocycles. The topological polar surface area (TPSA) is 46.2 Å². The monoisotopic (exact) mass is 253 g/mol. The number of rotatable bonds is 3. The maximum Gasteiger partial charge on any atom is 0.251 e. The Kier molecular flexibility index (Phi) is 3.76. The molecule has 0 aliphatic rings. The Hall–Kier alpha value is -2.42. The largest absolute Gasteiger partial charge is 0.355 e. The van der Waals surface area contributed by atoms with Gasteiger partial charge in [0.15, 0.2) is 0 Å². The molecule has 0 unspecified atom stereocenters. The van der Waals surface area contributed by atoms with Crippen molar-refractivity contribution in [3.05, 3.63) is 59.2 Å². The number of aldehydes is 1. The zero-order valence-corrected chi connectivity index (χ0v) is 10.9. The van der Waals surface area contributed by atoms with E-state index < -0.39 is 0 Å². The Morgan fingerprint density at radius 2 is 1.79 bits per heavy atom. The van der Waals surface area contributed by atoms with Gasteiger partial charge in [0.05, 0.1) is 0 Å². The summed E-state index contributed by atoms with van der Waals surface area (Å²) in [6.07, 6.45) is 0.817. The average molecular weight is 253 g/mol. The minimum atomic E-state index is -0.0936. The summed E-state index contributed by atoms with van der Waals surface area (Å²) < 4.78 is 0. The van der Waals surface area contributed by atoms with Crippen LogP contribution in [0.5, 0.6) is 0 Å². The molecule has 0 saturated carbocycles. The molecule has 2 aromatic rings. The summed E-state index contributed by atoms with van der Waals surface area (Å²) in [5.74, 6) is -0.0936. The van der Waals surface area contributed by atoms with Crippen LogP contribution in [-0.4, -0.2) is 19.2 Å². The Morgan fingerprint density at radius 1 is 1.11 bits per heavy atom. The molecule has 1 amide bonds. The summed E-state index contributed by atoms with van der Waals surface area (Å²) in [5, 5.41) is 2.63. The minimum Gasteiger partial charge on any atom is -0.355 e. The summed E-state index contributed by atoms with van der Waals surface area (Å²) in [4.78, 5) is 22.4. The SMILES string of the molecule is CNC(=O)c1cccc(-c2ccc(C=O)cc2)c1C. The summed E-state index contributed by atoms with van der Waals surface area (Å²) in [6, 6.07) is 13.0. The quantitative estimate of drug-likeness (QED) is 0.855. The summed E-state index contributed by atoms with van der Waals surface area (Å²) in [6.45, 7) is 1.92. The van der Waals surface area contributed by atoms with Crippen LogP contribution in [0.3, 0.4) is 0 Å². The maximum absolute atomic E-state index is 11.8. The van der Waals surface area contributed by atoms with Gasteiger partial charge in [-0.25, -0.2) is 0 Å². The molecule has 0 heterocycles. The van der Waals surface area contributed by atoms with Gasteiger partial charge in [-0.05, 0) is 29.7 Å². The first-order valence-electron chi connectivity index (χ1n) is 6.04. The number of amides is 1. The molecule has 0 spiro atoms. The van der Waals surface area contributed by atoms with Gasteiger partial charge >= 0.3 is 0 Å². The Morgan fingerprint density at radius 3 is 2.37 bits per heavy atom. The van der Waals surface area contributed by atoms with Gasteiger partial charge in [0.1, 0.15) is 6.29 Å². The van der Waals surface area contributed by atoms with Crippen molar-refractivity contribution in [2.75, 3.05) is 7.05 Å². The highest BCUT2D eigenvalue weighted by atomic mass is 16.1. The molecule has 0 fully saturated rings. The standard InChI is InChI=1S/C16H15NO2/c1-11-14(4-3-5-15(11)16(19)17-2)13-8-6-12(10-18)7-9-13/h3-10H,1-2H3,(H,17,19). The lowest BCUT2D eigenvalue weighted by atomic mass is 9.95. The van der Waals surface area contributed by atoms with Gasteiger partial charge in [-0.1, -0.05) is 36.4 Å². The van der Waals surface area contributed by atoms with Crippen LogP contribution in [0, 0.1) is 6.92 Å². The van der Waals surface area contributed by atoms with Gasteiger partial charge in [0.25, 0.3) is 5.91 Å². The van der Waals surface area contributed by atoms with E-state index >= 15 is 0 Å². The van der Waals surface area contributed by atoms with E-state index in [4.69, 9.17) is 0 Å². The van der Waals surface area contributed by atoms with Crippen LogP contribution in [0.25, 0.3) is 11.1 Å². The molecule has 0 aliphatic heterocycles. The third kappa shape index (κ3) is 2.55. The van der Waals surface area contributed by atoms with Gasteiger partial charge in [0.2, 0.25) is 0 Å². The summed E-state index contributed by atoms with van der Waals surface area (Å²) in [5.41, 5.74) is 4.23. The number of hydrogen-bond donors (Lipinski definition) is 1. The number of benzene rings is 2. The first-order chi connectivity index (χ1) is 9.17. The first kappa shape index (κ1) is 13.0. The fraction of sp³-hybridized carbons (Fsp3) is 0.125. The van der Waals surface area contributed by atoms with Gasteiger partial charge in [-0.3, -0.25) is 9.59 Å². The van der Waals surface area contributed by atoms with E-state index in [2.05, 4.69) is 5.32 Å². The first-order valence-corrected chi connectivity index (χ1v) is 6.04. The highest BCUT2D eigenvalue weighted by Gasteiger charge is 2.11. The Bertz CT molecular complexity index is 615. The zero-order chi connectivity index (χ0) is 13.8. The van der Waals surface area contributed by atoms with E-state index in [1.165, 1.54) is 0 Å². The Balaban J connectivity index is 2.50. The lowest BCUT2D eigenvalue weighted by Crippen LogP contribution is -2.19. The number of carbonyl (C=O) groups is 2. The van der Waals surface area contributed by atoms with Crippen LogP contribution in [0.1, 0.15) is 26.3 Å². The lowest BCUT2D eigenvalue weighted by molar-refractivity contribution is 0.0962. The van der Waals surface area contributed by atoms with Crippen molar-refractivity contribution in [1.82, 2.24) is 5.32 Å². The van der Waals surface area contributed by atoms with Gasteiger partial charge in [0, 0.05) is 18.2 Å². The molecule has 2 aromatic carbocycles. The number of nitrogens with one attached hydrogen (secondary N) is 1. The van der Waals surface area contributed by atoms with Crippen LogP contribution in [0.2, 0.25) is 0 Å². The predicted octanol–water partition coefficient (Wildman–Crippen LogP) is 2.83. The fourth-order valence-electron chi connectivity index (χ4n) is 2.07. The fourth-order valence-corrected chi connectivity index (χ4v) is 2.07. The van der Waals surface area contributed by atoms with Crippen molar-refractivity contribution in [2.45, 2.75) is 6.92 Å². The van der Waals surface area contributed by atoms with Crippen molar-refractivity contribution in [3.63, 3.8) is 0 Å². The van der Waals surface area contributed by atoms with Crippen molar-refractivity contribution < 1.29 is 9.59 Å². The molecule has 3 heteroatoms. The molecule has 0 radical (unpaired) electrons. The predicted molar refractivity (Wildman–Crippen MR) is 75.4 cm³/mol. The normalized spacial score (nSPS) is 10.0. The van der Waals surface area contributed by atoms with E-state index in [1.54, 1.807) is 25.2 Å². The van der Waals surface area contributed by atoms with Crippen molar-refractivity contribution in [3.8, 4) is 11.1 Å². The highest BCUT2D eigenvalue weighted by Crippen LogP contribution is 2.25. The second-order valence-electron chi connectivity index (χ2n) is 4.30. The van der Waals surface area contributed by atoms with Crippen molar-refractivity contribution in [2.24, 2.45) is 0 Å². The molecule has 0 aliphatic carbocycles. The molecule has 96 valence electrons. The molecule has 0 bridgehead atoms. The summed E-state index contributed by atoms with van der Waals surface area (Å²) in [7, 11) is 1.62.